The number of halogens is 1. The van der Waals surface area contributed by atoms with Crippen LogP contribution in [-0.2, 0) is 0 Å². The van der Waals surface area contributed by atoms with Crippen molar-refractivity contribution in [2.75, 3.05) is 0 Å². The molecule has 0 saturated carbocycles. The average Bonchev–Trinajstić information content (AvgIpc) is 2.49. The topological polar surface area (TPSA) is 67.8 Å². The zero-order valence-corrected chi connectivity index (χ0v) is 13.5. The van der Waals surface area contributed by atoms with Gasteiger partial charge in [-0.15, -0.1) is 0 Å². The molecule has 110 valence electrons. The number of nitrogens with zero attached hydrogens (tertiary/aromatic N) is 1. The van der Waals surface area contributed by atoms with Crippen LogP contribution < -0.4 is 10.5 Å². The van der Waals surface area contributed by atoms with Crippen molar-refractivity contribution in [1.82, 2.24) is 0 Å². The van der Waals surface area contributed by atoms with Crippen molar-refractivity contribution in [2.45, 2.75) is 19.8 Å². The first-order valence-corrected chi connectivity index (χ1v) is 7.36. The maximum Gasteiger partial charge on any atom is 0.170 e. The van der Waals surface area contributed by atoms with Gasteiger partial charge in [-0.3, -0.25) is 0 Å². The van der Waals surface area contributed by atoms with Crippen LogP contribution >= 0.6 is 15.9 Å². The van der Waals surface area contributed by atoms with Crippen LogP contribution in [-0.4, -0.2) is 11.0 Å². The summed E-state index contributed by atoms with van der Waals surface area (Å²) in [4.78, 5) is 0. The number of hydrogen-bond acceptors (Lipinski definition) is 3. The van der Waals surface area contributed by atoms with Gasteiger partial charge in [0.25, 0.3) is 0 Å². The molecule has 21 heavy (non-hydrogen) atoms. The number of oxime groups is 1. The molecule has 0 heterocycles. The minimum atomic E-state index is 0.0769. The van der Waals surface area contributed by atoms with Crippen molar-refractivity contribution in [3.8, 4) is 11.5 Å². The highest BCUT2D eigenvalue weighted by atomic mass is 79.9. The van der Waals surface area contributed by atoms with Gasteiger partial charge in [0.15, 0.2) is 5.84 Å². The van der Waals surface area contributed by atoms with E-state index in [4.69, 9.17) is 15.7 Å². The summed E-state index contributed by atoms with van der Waals surface area (Å²) in [6, 6.07) is 13.0. The first kappa shape index (κ1) is 15.4. The molecule has 0 amide bonds. The van der Waals surface area contributed by atoms with Gasteiger partial charge < -0.3 is 15.7 Å². The third-order valence-corrected chi connectivity index (χ3v) is 3.57. The largest absolute Gasteiger partial charge is 0.457 e. The average molecular weight is 349 g/mol. The Labute approximate surface area is 132 Å². The third kappa shape index (κ3) is 3.76. The van der Waals surface area contributed by atoms with E-state index >= 15 is 0 Å². The van der Waals surface area contributed by atoms with Crippen LogP contribution in [0.25, 0.3) is 0 Å². The molecule has 0 unspecified atom stereocenters. The predicted molar refractivity (Wildman–Crippen MR) is 87.3 cm³/mol. The summed E-state index contributed by atoms with van der Waals surface area (Å²) in [5, 5.41) is 11.6. The lowest BCUT2D eigenvalue weighted by Crippen LogP contribution is -2.12. The Morgan fingerprint density at radius 2 is 1.86 bits per heavy atom. The Balaban J connectivity index is 2.26. The standard InChI is InChI=1S/C16H17BrN2O2/c1-10(2)14-9-12(17)5-8-15(14)21-13-6-3-11(4-7-13)16(18)19-20/h3-10,20H,1-2H3,(H2,18,19). The van der Waals surface area contributed by atoms with Crippen LogP contribution in [0, 0.1) is 0 Å². The predicted octanol–water partition coefficient (Wildman–Crippen LogP) is 4.46. The number of hydrogen-bond donors (Lipinski definition) is 2. The second-order valence-corrected chi connectivity index (χ2v) is 5.86. The lowest BCUT2D eigenvalue weighted by molar-refractivity contribution is 0.318. The van der Waals surface area contributed by atoms with Gasteiger partial charge in [0, 0.05) is 10.0 Å². The van der Waals surface area contributed by atoms with E-state index in [2.05, 4.69) is 41.0 Å². The van der Waals surface area contributed by atoms with Gasteiger partial charge in [-0.25, -0.2) is 0 Å². The van der Waals surface area contributed by atoms with Crippen molar-refractivity contribution in [3.63, 3.8) is 0 Å². The van der Waals surface area contributed by atoms with Gasteiger partial charge in [0.05, 0.1) is 0 Å². The van der Waals surface area contributed by atoms with Gasteiger partial charge in [0.1, 0.15) is 11.5 Å². The summed E-state index contributed by atoms with van der Waals surface area (Å²) in [6.45, 7) is 4.24. The van der Waals surface area contributed by atoms with Gasteiger partial charge in [-0.1, -0.05) is 34.9 Å². The molecule has 0 fully saturated rings. The molecule has 0 aliphatic heterocycles. The normalized spacial score (nSPS) is 11.7. The summed E-state index contributed by atoms with van der Waals surface area (Å²) in [6.07, 6.45) is 0. The van der Waals surface area contributed by atoms with Crippen LogP contribution in [0.2, 0.25) is 0 Å². The Morgan fingerprint density at radius 3 is 2.43 bits per heavy atom. The SMILES string of the molecule is CC(C)c1cc(Br)ccc1Oc1ccc(/C(N)=N/O)cc1. The molecule has 0 spiro atoms. The number of rotatable bonds is 4. The quantitative estimate of drug-likeness (QED) is 0.371. The second kappa shape index (κ2) is 6.63. The Morgan fingerprint density at radius 1 is 1.19 bits per heavy atom. The molecule has 2 aromatic carbocycles. The van der Waals surface area contributed by atoms with Crippen LogP contribution in [0.1, 0.15) is 30.9 Å². The molecule has 0 aliphatic carbocycles. The van der Waals surface area contributed by atoms with Crippen LogP contribution in [0.15, 0.2) is 52.1 Å². The Kier molecular flexibility index (Phi) is 4.85. The maximum atomic E-state index is 8.64. The van der Waals surface area contributed by atoms with Gasteiger partial charge in [0.2, 0.25) is 0 Å². The number of amidine groups is 1. The molecule has 0 bridgehead atoms. The molecular weight excluding hydrogens is 332 g/mol. The van der Waals surface area contributed by atoms with Crippen molar-refractivity contribution in [2.24, 2.45) is 10.9 Å². The summed E-state index contributed by atoms with van der Waals surface area (Å²) >= 11 is 3.48. The van der Waals surface area contributed by atoms with Gasteiger partial charge >= 0.3 is 0 Å². The van der Waals surface area contributed by atoms with Crippen molar-refractivity contribution in [1.29, 1.82) is 0 Å². The lowest BCUT2D eigenvalue weighted by atomic mass is 10.0. The van der Waals surface area contributed by atoms with E-state index < -0.39 is 0 Å². The lowest BCUT2D eigenvalue weighted by Gasteiger charge is -2.14. The molecular formula is C16H17BrN2O2. The molecule has 0 radical (unpaired) electrons. The van der Waals surface area contributed by atoms with E-state index in [1.54, 1.807) is 24.3 Å². The van der Waals surface area contributed by atoms with Gasteiger partial charge in [-0.05, 0) is 53.9 Å². The van der Waals surface area contributed by atoms with Crippen LogP contribution in [0.5, 0.6) is 11.5 Å². The fourth-order valence-corrected chi connectivity index (χ4v) is 2.32. The van der Waals surface area contributed by atoms with E-state index in [0.717, 1.165) is 15.8 Å². The van der Waals surface area contributed by atoms with E-state index in [1.165, 1.54) is 0 Å². The monoisotopic (exact) mass is 348 g/mol. The molecule has 4 nitrogen and oxygen atoms in total. The number of benzene rings is 2. The fraction of sp³-hybridized carbons (Fsp3) is 0.188. The minimum Gasteiger partial charge on any atom is -0.457 e. The highest BCUT2D eigenvalue weighted by Gasteiger charge is 2.10. The van der Waals surface area contributed by atoms with E-state index in [0.29, 0.717) is 17.2 Å². The number of nitrogens with two attached hydrogens (primary N) is 1. The van der Waals surface area contributed by atoms with Crippen molar-refractivity contribution < 1.29 is 9.94 Å². The zero-order valence-electron chi connectivity index (χ0n) is 11.9. The molecule has 0 atom stereocenters. The highest BCUT2D eigenvalue weighted by molar-refractivity contribution is 9.10. The van der Waals surface area contributed by atoms with E-state index in [1.807, 2.05) is 12.1 Å². The molecule has 3 N–H and O–H groups in total. The number of ether oxygens (including phenoxy) is 1. The van der Waals surface area contributed by atoms with Crippen molar-refractivity contribution >= 4 is 21.8 Å². The second-order valence-electron chi connectivity index (χ2n) is 4.95. The summed E-state index contributed by atoms with van der Waals surface area (Å²) in [5.74, 6) is 1.96. The summed E-state index contributed by atoms with van der Waals surface area (Å²) in [5.41, 5.74) is 7.30. The molecule has 5 heteroatoms. The summed E-state index contributed by atoms with van der Waals surface area (Å²) in [7, 11) is 0. The van der Waals surface area contributed by atoms with Crippen molar-refractivity contribution in [3.05, 3.63) is 58.1 Å². The molecule has 0 aromatic heterocycles. The minimum absolute atomic E-state index is 0.0769. The van der Waals surface area contributed by atoms with E-state index in [-0.39, 0.29) is 5.84 Å². The fourth-order valence-electron chi connectivity index (χ4n) is 1.94. The third-order valence-electron chi connectivity index (χ3n) is 3.08. The molecule has 0 saturated heterocycles. The van der Waals surface area contributed by atoms with Gasteiger partial charge in [-0.2, -0.15) is 0 Å². The van der Waals surface area contributed by atoms with Crippen LogP contribution in [0.3, 0.4) is 0 Å². The smallest absolute Gasteiger partial charge is 0.170 e. The highest BCUT2D eigenvalue weighted by Crippen LogP contribution is 2.32. The molecule has 2 rings (SSSR count). The zero-order chi connectivity index (χ0) is 15.4. The molecule has 0 aliphatic rings. The van der Waals surface area contributed by atoms with Crippen LogP contribution in [0.4, 0.5) is 0 Å². The summed E-state index contributed by atoms with van der Waals surface area (Å²) < 4.78 is 6.96. The molecule has 2 aromatic rings. The Bertz CT molecular complexity index is 652. The maximum absolute atomic E-state index is 8.64. The van der Waals surface area contributed by atoms with E-state index in [9.17, 15) is 0 Å². The first-order valence-electron chi connectivity index (χ1n) is 6.56. The Hall–Kier alpha value is -2.01. The first-order chi connectivity index (χ1) is 10.0.